The second-order valence-corrected chi connectivity index (χ2v) is 3.61. The number of anilines is 1. The average molecular weight is 202 g/mol. The normalized spacial score (nSPS) is 12.7. The third kappa shape index (κ3) is 2.41. The van der Waals surface area contributed by atoms with Gasteiger partial charge in [-0.3, -0.25) is 0 Å². The van der Waals surface area contributed by atoms with Gasteiger partial charge in [-0.15, -0.1) is 0 Å². The molecule has 0 atom stereocenters. The van der Waals surface area contributed by atoms with E-state index in [2.05, 4.69) is 17.5 Å². The highest BCUT2D eigenvalue weighted by atomic mass is 16.5. The van der Waals surface area contributed by atoms with Crippen LogP contribution in [-0.4, -0.2) is 13.2 Å². The lowest BCUT2D eigenvalue weighted by Gasteiger charge is -2.06. The smallest absolute Gasteiger partial charge is 0.122 e. The lowest BCUT2D eigenvalue weighted by Crippen LogP contribution is -2.00. The summed E-state index contributed by atoms with van der Waals surface area (Å²) in [5, 5.41) is 11.7. The number of nitriles is 1. The zero-order valence-corrected chi connectivity index (χ0v) is 8.62. The van der Waals surface area contributed by atoms with Gasteiger partial charge in [-0.05, 0) is 30.2 Å². The molecular weight excluding hydrogens is 188 g/mol. The van der Waals surface area contributed by atoms with Crippen molar-refractivity contribution in [2.75, 3.05) is 18.5 Å². The standard InChI is InChI=1S/C12H14N2O/c13-6-1-2-7-14-11-3-4-12-10(9-11)5-8-15-12/h3-4,9,14H,1-2,5,7-8H2. The summed E-state index contributed by atoms with van der Waals surface area (Å²) >= 11 is 0. The lowest BCUT2D eigenvalue weighted by molar-refractivity contribution is 0.357. The van der Waals surface area contributed by atoms with Crippen LogP contribution in [0.15, 0.2) is 18.2 Å². The summed E-state index contributed by atoms with van der Waals surface area (Å²) in [6.45, 7) is 1.65. The number of benzene rings is 1. The average Bonchev–Trinajstić information content (AvgIpc) is 2.71. The van der Waals surface area contributed by atoms with E-state index in [1.54, 1.807) is 0 Å². The third-order valence-electron chi connectivity index (χ3n) is 2.48. The first-order chi connectivity index (χ1) is 7.40. The van der Waals surface area contributed by atoms with E-state index in [0.717, 1.165) is 37.4 Å². The zero-order valence-electron chi connectivity index (χ0n) is 8.62. The van der Waals surface area contributed by atoms with E-state index in [-0.39, 0.29) is 0 Å². The van der Waals surface area contributed by atoms with E-state index in [1.807, 2.05) is 12.1 Å². The molecule has 0 amide bonds. The molecule has 1 aromatic rings. The predicted molar refractivity (Wildman–Crippen MR) is 59.0 cm³/mol. The zero-order chi connectivity index (χ0) is 10.5. The number of rotatable bonds is 4. The van der Waals surface area contributed by atoms with Crippen LogP contribution in [0, 0.1) is 11.3 Å². The van der Waals surface area contributed by atoms with Crippen LogP contribution in [0.1, 0.15) is 18.4 Å². The van der Waals surface area contributed by atoms with Crippen molar-refractivity contribution in [3.05, 3.63) is 23.8 Å². The first-order valence-electron chi connectivity index (χ1n) is 5.27. The number of unbranched alkanes of at least 4 members (excludes halogenated alkanes) is 1. The van der Waals surface area contributed by atoms with E-state index in [9.17, 15) is 0 Å². The molecule has 0 saturated heterocycles. The molecule has 1 aliphatic rings. The number of hydrogen-bond donors (Lipinski definition) is 1. The molecule has 78 valence electrons. The SMILES string of the molecule is N#CCCCNc1ccc2c(c1)CCO2. The van der Waals surface area contributed by atoms with Crippen molar-refractivity contribution < 1.29 is 4.74 Å². The Bertz CT molecular complexity index is 382. The Hall–Kier alpha value is -1.69. The molecule has 0 fully saturated rings. The van der Waals surface area contributed by atoms with E-state index in [4.69, 9.17) is 10.00 Å². The van der Waals surface area contributed by atoms with Gasteiger partial charge in [0.2, 0.25) is 0 Å². The van der Waals surface area contributed by atoms with Crippen molar-refractivity contribution in [2.45, 2.75) is 19.3 Å². The van der Waals surface area contributed by atoms with Gasteiger partial charge in [0.05, 0.1) is 12.7 Å². The van der Waals surface area contributed by atoms with E-state index < -0.39 is 0 Å². The summed E-state index contributed by atoms with van der Waals surface area (Å²) < 4.78 is 5.43. The second-order valence-electron chi connectivity index (χ2n) is 3.61. The summed E-state index contributed by atoms with van der Waals surface area (Å²) in [5.74, 6) is 1.01. The molecule has 0 bridgehead atoms. The first-order valence-corrected chi connectivity index (χ1v) is 5.27. The summed E-state index contributed by atoms with van der Waals surface area (Å²) in [5.41, 5.74) is 2.40. The Morgan fingerprint density at radius 2 is 2.40 bits per heavy atom. The molecule has 1 aromatic carbocycles. The minimum absolute atomic E-state index is 0.612. The van der Waals surface area contributed by atoms with Gasteiger partial charge < -0.3 is 10.1 Å². The van der Waals surface area contributed by atoms with Gasteiger partial charge in [0.15, 0.2) is 0 Å². The molecule has 0 aliphatic carbocycles. The van der Waals surface area contributed by atoms with Gasteiger partial charge >= 0.3 is 0 Å². The topological polar surface area (TPSA) is 45.0 Å². The molecule has 1 aliphatic heterocycles. The maximum atomic E-state index is 8.40. The van der Waals surface area contributed by atoms with Crippen LogP contribution in [-0.2, 0) is 6.42 Å². The van der Waals surface area contributed by atoms with Crippen LogP contribution in [0.25, 0.3) is 0 Å². The van der Waals surface area contributed by atoms with Gasteiger partial charge in [0, 0.05) is 25.1 Å². The highest BCUT2D eigenvalue weighted by molar-refractivity contribution is 5.52. The highest BCUT2D eigenvalue weighted by Crippen LogP contribution is 2.27. The molecule has 0 saturated carbocycles. The van der Waals surface area contributed by atoms with Crippen molar-refractivity contribution in [3.8, 4) is 11.8 Å². The molecule has 0 unspecified atom stereocenters. The molecule has 0 spiro atoms. The van der Waals surface area contributed by atoms with Gasteiger partial charge in [0.1, 0.15) is 5.75 Å². The van der Waals surface area contributed by atoms with Gasteiger partial charge in [-0.2, -0.15) is 5.26 Å². The fraction of sp³-hybridized carbons (Fsp3) is 0.417. The molecule has 2 rings (SSSR count). The molecule has 1 heterocycles. The summed E-state index contributed by atoms with van der Waals surface area (Å²) in [6.07, 6.45) is 2.51. The quantitative estimate of drug-likeness (QED) is 0.762. The Morgan fingerprint density at radius 3 is 3.27 bits per heavy atom. The van der Waals surface area contributed by atoms with Crippen LogP contribution in [0.5, 0.6) is 5.75 Å². The summed E-state index contributed by atoms with van der Waals surface area (Å²) in [7, 11) is 0. The fourth-order valence-electron chi connectivity index (χ4n) is 1.70. The number of nitrogens with one attached hydrogen (secondary N) is 1. The Morgan fingerprint density at radius 1 is 1.47 bits per heavy atom. The van der Waals surface area contributed by atoms with Crippen molar-refractivity contribution >= 4 is 5.69 Å². The van der Waals surface area contributed by atoms with Gasteiger partial charge in [-0.1, -0.05) is 0 Å². The molecule has 1 N–H and O–H groups in total. The number of fused-ring (bicyclic) bond motifs is 1. The van der Waals surface area contributed by atoms with Gasteiger partial charge in [-0.25, -0.2) is 0 Å². The van der Waals surface area contributed by atoms with Crippen molar-refractivity contribution in [1.29, 1.82) is 5.26 Å². The van der Waals surface area contributed by atoms with Crippen LogP contribution in [0.3, 0.4) is 0 Å². The minimum atomic E-state index is 0.612. The van der Waals surface area contributed by atoms with Crippen LogP contribution in [0.2, 0.25) is 0 Å². The minimum Gasteiger partial charge on any atom is -0.493 e. The fourth-order valence-corrected chi connectivity index (χ4v) is 1.70. The van der Waals surface area contributed by atoms with E-state index in [1.165, 1.54) is 5.56 Å². The molecule has 3 heteroatoms. The summed E-state index contributed by atoms with van der Waals surface area (Å²) in [6, 6.07) is 8.30. The maximum Gasteiger partial charge on any atom is 0.122 e. The van der Waals surface area contributed by atoms with Crippen LogP contribution < -0.4 is 10.1 Å². The molecule has 0 aromatic heterocycles. The molecule has 0 radical (unpaired) electrons. The molecule has 15 heavy (non-hydrogen) atoms. The monoisotopic (exact) mass is 202 g/mol. The van der Waals surface area contributed by atoms with Crippen molar-refractivity contribution in [2.24, 2.45) is 0 Å². The number of nitrogens with zero attached hydrogens (tertiary/aromatic N) is 1. The summed E-state index contributed by atoms with van der Waals surface area (Å²) in [4.78, 5) is 0. The Balaban J connectivity index is 1.90. The van der Waals surface area contributed by atoms with Crippen molar-refractivity contribution in [3.63, 3.8) is 0 Å². The van der Waals surface area contributed by atoms with Crippen molar-refractivity contribution in [1.82, 2.24) is 0 Å². The van der Waals surface area contributed by atoms with Crippen LogP contribution in [0.4, 0.5) is 5.69 Å². The Labute approximate surface area is 89.7 Å². The second kappa shape index (κ2) is 4.70. The first kappa shape index (κ1) is 9.85. The molecular formula is C12H14N2O. The van der Waals surface area contributed by atoms with Crippen LogP contribution >= 0.6 is 0 Å². The third-order valence-corrected chi connectivity index (χ3v) is 2.48. The Kier molecular flexibility index (Phi) is 3.08. The van der Waals surface area contributed by atoms with Gasteiger partial charge in [0.25, 0.3) is 0 Å². The lowest BCUT2D eigenvalue weighted by atomic mass is 10.1. The maximum absolute atomic E-state index is 8.40. The predicted octanol–water partition coefficient (Wildman–Crippen LogP) is 2.34. The van der Waals surface area contributed by atoms with E-state index >= 15 is 0 Å². The van der Waals surface area contributed by atoms with E-state index in [0.29, 0.717) is 6.42 Å². The number of hydrogen-bond acceptors (Lipinski definition) is 3. The number of ether oxygens (including phenoxy) is 1. The molecule has 3 nitrogen and oxygen atoms in total. The highest BCUT2D eigenvalue weighted by Gasteiger charge is 2.11. The largest absolute Gasteiger partial charge is 0.493 e.